The Bertz CT molecular complexity index is 592. The normalized spacial score (nSPS) is 11.7. The second kappa shape index (κ2) is 5.99. The van der Waals surface area contributed by atoms with Gasteiger partial charge in [0, 0.05) is 11.2 Å². The summed E-state index contributed by atoms with van der Waals surface area (Å²) in [4.78, 5) is 0. The van der Waals surface area contributed by atoms with E-state index in [9.17, 15) is 0 Å². The van der Waals surface area contributed by atoms with E-state index in [4.69, 9.17) is 27.6 Å². The molecule has 1 heterocycles. The lowest BCUT2D eigenvalue weighted by Crippen LogP contribution is -2.35. The molecule has 0 aliphatic heterocycles. The lowest BCUT2D eigenvalue weighted by atomic mass is 10.1. The van der Waals surface area contributed by atoms with Crippen LogP contribution in [0.5, 0.6) is 0 Å². The van der Waals surface area contributed by atoms with Crippen LogP contribution < -0.4 is 10.6 Å². The maximum atomic E-state index is 5.94. The smallest absolute Gasteiger partial charge is 0.320 e. The standard InChI is InChI=1S/C13H16Cl2N4O/c1-13(2,3)16-7-11-18-19-12(20-11)17-8-4-5-9(14)10(15)6-8/h4-6,16H,7H2,1-3H3,(H,17,19). The number of halogens is 2. The van der Waals surface area contributed by atoms with Crippen LogP contribution in [0.4, 0.5) is 11.7 Å². The van der Waals surface area contributed by atoms with E-state index in [0.29, 0.717) is 28.5 Å². The third kappa shape index (κ3) is 4.37. The van der Waals surface area contributed by atoms with Crippen LogP contribution in [0.3, 0.4) is 0 Å². The summed E-state index contributed by atoms with van der Waals surface area (Å²) in [7, 11) is 0. The summed E-state index contributed by atoms with van der Waals surface area (Å²) in [6.45, 7) is 6.72. The van der Waals surface area contributed by atoms with Gasteiger partial charge in [0.2, 0.25) is 5.89 Å². The van der Waals surface area contributed by atoms with Crippen molar-refractivity contribution in [3.8, 4) is 0 Å². The van der Waals surface area contributed by atoms with Crippen LogP contribution in [-0.4, -0.2) is 15.7 Å². The van der Waals surface area contributed by atoms with Crippen molar-refractivity contribution in [3.05, 3.63) is 34.1 Å². The van der Waals surface area contributed by atoms with Crippen molar-refractivity contribution in [2.24, 2.45) is 0 Å². The maximum Gasteiger partial charge on any atom is 0.320 e. The summed E-state index contributed by atoms with van der Waals surface area (Å²) in [5, 5.41) is 15.1. The van der Waals surface area contributed by atoms with Gasteiger partial charge < -0.3 is 15.1 Å². The zero-order valence-corrected chi connectivity index (χ0v) is 13.0. The highest BCUT2D eigenvalue weighted by atomic mass is 35.5. The van der Waals surface area contributed by atoms with Gasteiger partial charge in [-0.05, 0) is 39.0 Å². The lowest BCUT2D eigenvalue weighted by Gasteiger charge is -2.18. The van der Waals surface area contributed by atoms with E-state index in [1.165, 1.54) is 0 Å². The van der Waals surface area contributed by atoms with Gasteiger partial charge in [0.1, 0.15) is 0 Å². The van der Waals surface area contributed by atoms with Crippen molar-refractivity contribution in [2.45, 2.75) is 32.9 Å². The van der Waals surface area contributed by atoms with Crippen molar-refractivity contribution in [3.63, 3.8) is 0 Å². The highest BCUT2D eigenvalue weighted by Crippen LogP contribution is 2.26. The molecule has 108 valence electrons. The molecule has 7 heteroatoms. The Morgan fingerprint density at radius 1 is 1.15 bits per heavy atom. The molecule has 2 rings (SSSR count). The predicted molar refractivity (Wildman–Crippen MR) is 80.6 cm³/mol. The fourth-order valence-corrected chi connectivity index (χ4v) is 1.71. The molecule has 0 saturated carbocycles. The predicted octanol–water partition coefficient (Wildman–Crippen LogP) is 4.01. The molecule has 0 spiro atoms. The van der Waals surface area contributed by atoms with E-state index in [0.717, 1.165) is 5.69 Å². The third-order valence-electron chi connectivity index (χ3n) is 2.41. The third-order valence-corrected chi connectivity index (χ3v) is 3.15. The van der Waals surface area contributed by atoms with Crippen molar-refractivity contribution in [2.75, 3.05) is 5.32 Å². The summed E-state index contributed by atoms with van der Waals surface area (Å²) < 4.78 is 5.48. The van der Waals surface area contributed by atoms with Crippen molar-refractivity contribution in [1.82, 2.24) is 15.5 Å². The van der Waals surface area contributed by atoms with Crippen LogP contribution in [-0.2, 0) is 6.54 Å². The molecule has 2 N–H and O–H groups in total. The van der Waals surface area contributed by atoms with E-state index in [1.54, 1.807) is 18.2 Å². The summed E-state index contributed by atoms with van der Waals surface area (Å²) in [5.41, 5.74) is 0.726. The van der Waals surface area contributed by atoms with Gasteiger partial charge >= 0.3 is 6.01 Å². The SMILES string of the molecule is CC(C)(C)NCc1nnc(Nc2ccc(Cl)c(Cl)c2)o1. The van der Waals surface area contributed by atoms with Gasteiger partial charge in [-0.25, -0.2) is 0 Å². The average Bonchev–Trinajstić information content (AvgIpc) is 2.78. The van der Waals surface area contributed by atoms with E-state index in [2.05, 4.69) is 41.6 Å². The molecule has 20 heavy (non-hydrogen) atoms. The molecule has 0 aliphatic carbocycles. The van der Waals surface area contributed by atoms with Crippen LogP contribution >= 0.6 is 23.2 Å². The Hall–Kier alpha value is -1.30. The molecule has 5 nitrogen and oxygen atoms in total. The van der Waals surface area contributed by atoms with Crippen LogP contribution in [0.1, 0.15) is 26.7 Å². The number of benzene rings is 1. The molecule has 0 bridgehead atoms. The first kappa shape index (κ1) is 15.1. The summed E-state index contributed by atoms with van der Waals surface area (Å²) in [6, 6.07) is 5.49. The second-order valence-corrected chi connectivity index (χ2v) is 6.17. The van der Waals surface area contributed by atoms with E-state index in [-0.39, 0.29) is 5.54 Å². The monoisotopic (exact) mass is 314 g/mol. The van der Waals surface area contributed by atoms with Crippen LogP contribution in [0.2, 0.25) is 10.0 Å². The fraction of sp³-hybridized carbons (Fsp3) is 0.385. The highest BCUT2D eigenvalue weighted by Gasteiger charge is 2.12. The molecule has 0 atom stereocenters. The van der Waals surface area contributed by atoms with Gasteiger partial charge in [0.05, 0.1) is 16.6 Å². The number of nitrogens with one attached hydrogen (secondary N) is 2. The fourth-order valence-electron chi connectivity index (χ4n) is 1.41. The van der Waals surface area contributed by atoms with Gasteiger partial charge in [0.25, 0.3) is 0 Å². The Labute approximate surface area is 127 Å². The average molecular weight is 315 g/mol. The van der Waals surface area contributed by atoms with Gasteiger partial charge in [-0.2, -0.15) is 0 Å². The van der Waals surface area contributed by atoms with E-state index >= 15 is 0 Å². The van der Waals surface area contributed by atoms with Gasteiger partial charge in [-0.1, -0.05) is 28.3 Å². The quantitative estimate of drug-likeness (QED) is 0.892. The molecule has 2 aromatic rings. The molecule has 1 aromatic heterocycles. The zero-order valence-electron chi connectivity index (χ0n) is 11.5. The minimum absolute atomic E-state index is 0.00817. The highest BCUT2D eigenvalue weighted by molar-refractivity contribution is 6.42. The van der Waals surface area contributed by atoms with Crippen LogP contribution in [0.15, 0.2) is 22.6 Å². The molecule has 0 saturated heterocycles. The number of nitrogens with zero attached hydrogens (tertiary/aromatic N) is 2. The molecular weight excluding hydrogens is 299 g/mol. The zero-order chi connectivity index (χ0) is 14.8. The Morgan fingerprint density at radius 2 is 1.90 bits per heavy atom. The minimum Gasteiger partial charge on any atom is -0.406 e. The van der Waals surface area contributed by atoms with Crippen LogP contribution in [0.25, 0.3) is 0 Å². The number of anilines is 2. The van der Waals surface area contributed by atoms with Gasteiger partial charge in [-0.3, -0.25) is 0 Å². The Kier molecular flexibility index (Phi) is 4.52. The first-order valence-corrected chi connectivity index (χ1v) is 6.88. The minimum atomic E-state index is -0.00817. The first-order chi connectivity index (χ1) is 9.33. The molecule has 1 aromatic carbocycles. The van der Waals surface area contributed by atoms with Crippen molar-refractivity contribution in [1.29, 1.82) is 0 Å². The Balaban J connectivity index is 2.00. The molecule has 0 amide bonds. The molecule has 0 fully saturated rings. The number of hydrogen-bond donors (Lipinski definition) is 2. The van der Waals surface area contributed by atoms with E-state index in [1.807, 2.05) is 0 Å². The number of rotatable bonds is 4. The molecule has 0 radical (unpaired) electrons. The lowest BCUT2D eigenvalue weighted by molar-refractivity contribution is 0.384. The van der Waals surface area contributed by atoms with E-state index < -0.39 is 0 Å². The summed E-state index contributed by atoms with van der Waals surface area (Å²) >= 11 is 11.8. The molecule has 0 unspecified atom stereocenters. The number of aromatic nitrogens is 2. The molecule has 0 aliphatic rings. The molecular formula is C13H16Cl2N4O. The largest absolute Gasteiger partial charge is 0.406 e. The first-order valence-electron chi connectivity index (χ1n) is 6.13. The second-order valence-electron chi connectivity index (χ2n) is 5.36. The topological polar surface area (TPSA) is 63.0 Å². The Morgan fingerprint density at radius 3 is 2.55 bits per heavy atom. The van der Waals surface area contributed by atoms with Crippen LogP contribution in [0, 0.1) is 0 Å². The summed E-state index contributed by atoms with van der Waals surface area (Å²) in [5.74, 6) is 0.516. The maximum absolute atomic E-state index is 5.94. The van der Waals surface area contributed by atoms with Crippen molar-refractivity contribution >= 4 is 34.9 Å². The van der Waals surface area contributed by atoms with Gasteiger partial charge in [0.15, 0.2) is 0 Å². The number of hydrogen-bond acceptors (Lipinski definition) is 5. The van der Waals surface area contributed by atoms with Gasteiger partial charge in [-0.15, -0.1) is 5.10 Å². The summed E-state index contributed by atoms with van der Waals surface area (Å²) in [6.07, 6.45) is 0. The van der Waals surface area contributed by atoms with Crippen molar-refractivity contribution < 1.29 is 4.42 Å².